The van der Waals surface area contributed by atoms with Gasteiger partial charge in [-0.25, -0.2) is 4.98 Å². The first-order valence-electron chi connectivity index (χ1n) is 6.81. The van der Waals surface area contributed by atoms with Crippen LogP contribution in [0.4, 0.5) is 0 Å². The van der Waals surface area contributed by atoms with Gasteiger partial charge in [-0.3, -0.25) is 5.10 Å². The van der Waals surface area contributed by atoms with Crippen LogP contribution in [-0.4, -0.2) is 21.3 Å². The first-order chi connectivity index (χ1) is 8.84. The highest BCUT2D eigenvalue weighted by molar-refractivity contribution is 5.85. The molecule has 0 amide bonds. The van der Waals surface area contributed by atoms with Crippen molar-refractivity contribution in [1.82, 2.24) is 15.2 Å². The number of aryl methyl sites for hydroxylation is 1. The standard InChI is InChI=1S/C14H19N3O/c1-10-13-12(17-16-10)8-9-15-14(13)18-11-6-4-2-3-5-7-11/h8-9,11H,2-7H2,1H3,(H,16,17). The van der Waals surface area contributed by atoms with E-state index in [1.165, 1.54) is 25.7 Å². The topological polar surface area (TPSA) is 50.8 Å². The number of nitrogens with one attached hydrogen (secondary N) is 1. The summed E-state index contributed by atoms with van der Waals surface area (Å²) in [7, 11) is 0. The second-order valence-corrected chi connectivity index (χ2v) is 5.09. The second-order valence-electron chi connectivity index (χ2n) is 5.09. The highest BCUT2D eigenvalue weighted by atomic mass is 16.5. The normalized spacial score (nSPS) is 17.8. The van der Waals surface area contributed by atoms with Crippen LogP contribution < -0.4 is 4.74 Å². The van der Waals surface area contributed by atoms with E-state index in [1.807, 2.05) is 13.0 Å². The van der Waals surface area contributed by atoms with Gasteiger partial charge in [0.05, 0.1) is 10.9 Å². The fourth-order valence-electron chi connectivity index (χ4n) is 2.69. The number of nitrogens with zero attached hydrogens (tertiary/aromatic N) is 2. The molecule has 96 valence electrons. The molecular formula is C14H19N3O. The zero-order valence-corrected chi connectivity index (χ0v) is 10.8. The van der Waals surface area contributed by atoms with Gasteiger partial charge < -0.3 is 4.74 Å². The Kier molecular flexibility index (Phi) is 3.17. The lowest BCUT2D eigenvalue weighted by atomic mass is 10.1. The zero-order chi connectivity index (χ0) is 12.4. The zero-order valence-electron chi connectivity index (χ0n) is 10.8. The number of aromatic nitrogens is 3. The van der Waals surface area contributed by atoms with Gasteiger partial charge in [0.1, 0.15) is 6.10 Å². The molecule has 0 saturated heterocycles. The van der Waals surface area contributed by atoms with Gasteiger partial charge in [0.25, 0.3) is 0 Å². The van der Waals surface area contributed by atoms with Crippen LogP contribution in [0.3, 0.4) is 0 Å². The lowest BCUT2D eigenvalue weighted by Gasteiger charge is -2.16. The summed E-state index contributed by atoms with van der Waals surface area (Å²) in [6.45, 7) is 2.01. The Morgan fingerprint density at radius 3 is 2.78 bits per heavy atom. The minimum absolute atomic E-state index is 0.319. The van der Waals surface area contributed by atoms with Crippen molar-refractivity contribution in [2.75, 3.05) is 0 Å². The van der Waals surface area contributed by atoms with Crippen LogP contribution in [0, 0.1) is 6.92 Å². The number of fused-ring (bicyclic) bond motifs is 1. The van der Waals surface area contributed by atoms with Crippen molar-refractivity contribution in [3.63, 3.8) is 0 Å². The van der Waals surface area contributed by atoms with E-state index in [0.717, 1.165) is 35.3 Å². The van der Waals surface area contributed by atoms with Crippen molar-refractivity contribution in [2.45, 2.75) is 51.6 Å². The highest BCUT2D eigenvalue weighted by Crippen LogP contribution is 2.28. The van der Waals surface area contributed by atoms with Crippen molar-refractivity contribution in [3.05, 3.63) is 18.0 Å². The molecule has 0 aliphatic heterocycles. The molecule has 0 bridgehead atoms. The number of hydrogen-bond donors (Lipinski definition) is 1. The molecule has 0 unspecified atom stereocenters. The van der Waals surface area contributed by atoms with Crippen LogP contribution in [-0.2, 0) is 0 Å². The maximum atomic E-state index is 6.12. The van der Waals surface area contributed by atoms with Gasteiger partial charge in [0.15, 0.2) is 0 Å². The lowest BCUT2D eigenvalue weighted by molar-refractivity contribution is 0.179. The third-order valence-corrected chi connectivity index (χ3v) is 3.69. The number of aromatic amines is 1. The van der Waals surface area contributed by atoms with Crippen LogP contribution in [0.2, 0.25) is 0 Å². The number of pyridine rings is 1. The largest absolute Gasteiger partial charge is 0.474 e. The Hall–Kier alpha value is -1.58. The fraction of sp³-hybridized carbons (Fsp3) is 0.571. The summed E-state index contributed by atoms with van der Waals surface area (Å²) in [5, 5.41) is 8.27. The molecule has 18 heavy (non-hydrogen) atoms. The van der Waals surface area contributed by atoms with E-state index >= 15 is 0 Å². The number of ether oxygens (including phenoxy) is 1. The van der Waals surface area contributed by atoms with Crippen LogP contribution >= 0.6 is 0 Å². The van der Waals surface area contributed by atoms with Gasteiger partial charge in [0, 0.05) is 11.9 Å². The number of hydrogen-bond acceptors (Lipinski definition) is 3. The summed E-state index contributed by atoms with van der Waals surface area (Å²) in [4.78, 5) is 4.38. The third-order valence-electron chi connectivity index (χ3n) is 3.69. The number of H-pyrrole nitrogens is 1. The van der Waals surface area contributed by atoms with Gasteiger partial charge in [0.2, 0.25) is 5.88 Å². The molecule has 0 spiro atoms. The molecule has 2 heterocycles. The van der Waals surface area contributed by atoms with E-state index in [4.69, 9.17) is 4.74 Å². The first-order valence-corrected chi connectivity index (χ1v) is 6.81. The molecule has 2 aromatic heterocycles. The Balaban J connectivity index is 1.87. The molecule has 1 fully saturated rings. The molecular weight excluding hydrogens is 226 g/mol. The van der Waals surface area contributed by atoms with Crippen molar-refractivity contribution in [1.29, 1.82) is 0 Å². The molecule has 1 aliphatic rings. The summed E-state index contributed by atoms with van der Waals surface area (Å²) < 4.78 is 6.12. The molecule has 0 radical (unpaired) electrons. The lowest BCUT2D eigenvalue weighted by Crippen LogP contribution is -2.16. The summed E-state index contributed by atoms with van der Waals surface area (Å²) in [6.07, 6.45) is 9.60. The summed E-state index contributed by atoms with van der Waals surface area (Å²) in [5.74, 6) is 0.741. The van der Waals surface area contributed by atoms with Gasteiger partial charge in [-0.05, 0) is 38.7 Å². The third kappa shape index (κ3) is 2.19. The summed E-state index contributed by atoms with van der Waals surface area (Å²) >= 11 is 0. The summed E-state index contributed by atoms with van der Waals surface area (Å²) in [5.41, 5.74) is 1.97. The first kappa shape index (κ1) is 11.5. The maximum absolute atomic E-state index is 6.12. The van der Waals surface area contributed by atoms with Crippen LogP contribution in [0.1, 0.15) is 44.2 Å². The summed E-state index contributed by atoms with van der Waals surface area (Å²) in [6, 6.07) is 1.92. The molecule has 4 nitrogen and oxygen atoms in total. The predicted octanol–water partition coefficient (Wildman–Crippen LogP) is 3.37. The molecule has 4 heteroatoms. The van der Waals surface area contributed by atoms with Gasteiger partial charge in [-0.15, -0.1) is 0 Å². The van der Waals surface area contributed by atoms with E-state index in [-0.39, 0.29) is 0 Å². The average molecular weight is 245 g/mol. The van der Waals surface area contributed by atoms with E-state index in [1.54, 1.807) is 6.20 Å². The quantitative estimate of drug-likeness (QED) is 0.825. The van der Waals surface area contributed by atoms with Crippen molar-refractivity contribution < 1.29 is 4.74 Å². The predicted molar refractivity (Wildman–Crippen MR) is 70.7 cm³/mol. The molecule has 1 N–H and O–H groups in total. The molecule has 2 aromatic rings. The molecule has 3 rings (SSSR count). The van der Waals surface area contributed by atoms with Gasteiger partial charge in [-0.1, -0.05) is 12.8 Å². The van der Waals surface area contributed by atoms with Gasteiger partial charge >= 0.3 is 0 Å². The maximum Gasteiger partial charge on any atom is 0.225 e. The monoisotopic (exact) mass is 245 g/mol. The number of rotatable bonds is 2. The van der Waals surface area contributed by atoms with E-state index < -0.39 is 0 Å². The molecule has 1 aliphatic carbocycles. The molecule has 1 saturated carbocycles. The minimum Gasteiger partial charge on any atom is -0.474 e. The second kappa shape index (κ2) is 4.96. The van der Waals surface area contributed by atoms with Crippen LogP contribution in [0.5, 0.6) is 5.88 Å². The smallest absolute Gasteiger partial charge is 0.225 e. The Bertz CT molecular complexity index is 527. The van der Waals surface area contributed by atoms with Crippen molar-refractivity contribution in [2.24, 2.45) is 0 Å². The van der Waals surface area contributed by atoms with E-state index in [2.05, 4.69) is 15.2 Å². The van der Waals surface area contributed by atoms with Crippen LogP contribution in [0.25, 0.3) is 10.9 Å². The molecule has 0 atom stereocenters. The minimum atomic E-state index is 0.319. The van der Waals surface area contributed by atoms with Crippen molar-refractivity contribution >= 4 is 10.9 Å². The molecule has 0 aromatic carbocycles. The SMILES string of the molecule is Cc1[nH]nc2ccnc(OC3CCCCCC3)c12. The fourth-order valence-corrected chi connectivity index (χ4v) is 2.69. The van der Waals surface area contributed by atoms with Crippen LogP contribution in [0.15, 0.2) is 12.3 Å². The van der Waals surface area contributed by atoms with Gasteiger partial charge in [-0.2, -0.15) is 5.10 Å². The van der Waals surface area contributed by atoms with E-state index in [0.29, 0.717) is 6.10 Å². The highest BCUT2D eigenvalue weighted by Gasteiger charge is 2.17. The Labute approximate surface area is 107 Å². The van der Waals surface area contributed by atoms with E-state index in [9.17, 15) is 0 Å². The average Bonchev–Trinajstić information content (AvgIpc) is 2.61. The Morgan fingerprint density at radius 2 is 2.00 bits per heavy atom. The Morgan fingerprint density at radius 1 is 1.22 bits per heavy atom. The van der Waals surface area contributed by atoms with Crippen molar-refractivity contribution in [3.8, 4) is 5.88 Å².